The molecule has 82 valence electrons. The molecular formula is C9Cl4O3. The summed E-state index contributed by atoms with van der Waals surface area (Å²) in [6.07, 6.45) is 0. The normalized spacial score (nSPS) is 11.2. The first-order chi connectivity index (χ1) is 7.37. The minimum Gasteiger partial charge on any atom is -0.285 e. The molecule has 3 nitrogen and oxygen atoms in total. The van der Waals surface area contributed by atoms with E-state index < -0.39 is 16.3 Å². The highest BCUT2D eigenvalue weighted by Crippen LogP contribution is 2.40. The van der Waals surface area contributed by atoms with Crippen molar-refractivity contribution in [1.29, 1.82) is 0 Å². The third kappa shape index (κ3) is 1.32. The molecule has 0 aliphatic rings. The van der Waals surface area contributed by atoms with E-state index in [1.165, 1.54) is 0 Å². The van der Waals surface area contributed by atoms with Crippen LogP contribution < -0.4 is 16.3 Å². The molecule has 0 saturated heterocycles. The van der Waals surface area contributed by atoms with Crippen LogP contribution in [0.2, 0.25) is 20.1 Å². The van der Waals surface area contributed by atoms with Gasteiger partial charge in [-0.3, -0.25) is 14.4 Å². The number of rotatable bonds is 0. The minimum atomic E-state index is -1.18. The van der Waals surface area contributed by atoms with Gasteiger partial charge in [-0.05, 0) is 0 Å². The standard InChI is InChI=1S/C9Cl4O3/c10-3-1-2(4(11)6(13)5(3)12)8(15)9(16)7(1)14. The van der Waals surface area contributed by atoms with Crippen molar-refractivity contribution in [3.05, 3.63) is 50.8 Å². The second-order valence-electron chi connectivity index (χ2n) is 2.99. The molecule has 0 aliphatic carbocycles. The van der Waals surface area contributed by atoms with Gasteiger partial charge >= 0.3 is 0 Å². The summed E-state index contributed by atoms with van der Waals surface area (Å²) in [7, 11) is 0. The Kier molecular flexibility index (Phi) is 2.75. The molecule has 0 fully saturated rings. The van der Waals surface area contributed by atoms with Crippen molar-refractivity contribution in [2.75, 3.05) is 0 Å². The molecule has 0 spiro atoms. The van der Waals surface area contributed by atoms with E-state index in [4.69, 9.17) is 46.4 Å². The van der Waals surface area contributed by atoms with Crippen LogP contribution in [-0.2, 0) is 0 Å². The highest BCUT2D eigenvalue weighted by Gasteiger charge is 2.23. The van der Waals surface area contributed by atoms with Crippen LogP contribution in [0, 0.1) is 0 Å². The maximum absolute atomic E-state index is 11.4. The lowest BCUT2D eigenvalue weighted by Gasteiger charge is -2.02. The van der Waals surface area contributed by atoms with Crippen LogP contribution in [0.25, 0.3) is 10.8 Å². The summed E-state index contributed by atoms with van der Waals surface area (Å²) >= 11 is 22.9. The van der Waals surface area contributed by atoms with E-state index in [0.717, 1.165) is 0 Å². The Morgan fingerprint density at radius 1 is 0.500 bits per heavy atom. The fourth-order valence-electron chi connectivity index (χ4n) is 1.39. The number of halogens is 4. The van der Waals surface area contributed by atoms with E-state index in [2.05, 4.69) is 0 Å². The molecule has 16 heavy (non-hydrogen) atoms. The van der Waals surface area contributed by atoms with Crippen molar-refractivity contribution in [2.45, 2.75) is 0 Å². The van der Waals surface area contributed by atoms with Crippen molar-refractivity contribution < 1.29 is 0 Å². The topological polar surface area (TPSA) is 51.2 Å². The van der Waals surface area contributed by atoms with Crippen LogP contribution in [0.5, 0.6) is 0 Å². The minimum absolute atomic E-state index is 0.150. The van der Waals surface area contributed by atoms with Gasteiger partial charge in [0.2, 0.25) is 10.9 Å². The fourth-order valence-corrected chi connectivity index (χ4v) is 2.41. The molecule has 2 rings (SSSR count). The molecule has 0 unspecified atom stereocenters. The van der Waals surface area contributed by atoms with E-state index in [-0.39, 0.29) is 30.9 Å². The Morgan fingerprint density at radius 3 is 1.12 bits per heavy atom. The molecule has 0 heterocycles. The van der Waals surface area contributed by atoms with Gasteiger partial charge in [-0.25, -0.2) is 0 Å². The molecule has 0 bridgehead atoms. The third-order valence-corrected chi connectivity index (χ3v) is 3.94. The summed E-state index contributed by atoms with van der Waals surface area (Å²) in [5, 5.41) is -1.29. The van der Waals surface area contributed by atoms with Crippen LogP contribution in [0.15, 0.2) is 14.4 Å². The number of hydrogen-bond donors (Lipinski definition) is 0. The van der Waals surface area contributed by atoms with Gasteiger partial charge in [0.05, 0.1) is 30.9 Å². The molecule has 0 aromatic heterocycles. The lowest BCUT2D eigenvalue weighted by Crippen LogP contribution is -2.29. The summed E-state index contributed by atoms with van der Waals surface area (Å²) in [5.74, 6) is 0. The van der Waals surface area contributed by atoms with E-state index in [0.29, 0.717) is 0 Å². The van der Waals surface area contributed by atoms with Crippen molar-refractivity contribution in [3.8, 4) is 0 Å². The van der Waals surface area contributed by atoms with Gasteiger partial charge in [-0.1, -0.05) is 46.4 Å². The van der Waals surface area contributed by atoms with Gasteiger partial charge in [-0.2, -0.15) is 0 Å². The molecule has 0 amide bonds. The average Bonchev–Trinajstić information content (AvgIpc) is 2.48. The number of hydrogen-bond acceptors (Lipinski definition) is 3. The Labute approximate surface area is 108 Å². The van der Waals surface area contributed by atoms with Gasteiger partial charge in [0.25, 0.3) is 5.43 Å². The van der Waals surface area contributed by atoms with Crippen LogP contribution >= 0.6 is 46.4 Å². The molecule has 2 aromatic carbocycles. The molecule has 0 aliphatic heterocycles. The summed E-state index contributed by atoms with van der Waals surface area (Å²) < 4.78 is 0. The van der Waals surface area contributed by atoms with Crippen molar-refractivity contribution in [1.82, 2.24) is 0 Å². The largest absolute Gasteiger partial charge is 0.285 e. The summed E-state index contributed by atoms with van der Waals surface area (Å²) in [6.45, 7) is 0. The average molecular weight is 298 g/mol. The van der Waals surface area contributed by atoms with Crippen LogP contribution in [0.3, 0.4) is 0 Å². The van der Waals surface area contributed by atoms with Gasteiger partial charge in [0.1, 0.15) is 0 Å². The van der Waals surface area contributed by atoms with E-state index in [1.54, 1.807) is 0 Å². The van der Waals surface area contributed by atoms with Crippen molar-refractivity contribution in [2.24, 2.45) is 0 Å². The first kappa shape index (κ1) is 11.9. The number of benzene rings is 1. The quantitative estimate of drug-likeness (QED) is 0.426. The zero-order valence-electron chi connectivity index (χ0n) is 7.24. The van der Waals surface area contributed by atoms with Crippen LogP contribution in [0.1, 0.15) is 0 Å². The Morgan fingerprint density at radius 2 is 0.812 bits per heavy atom. The monoisotopic (exact) mass is 296 g/mol. The lowest BCUT2D eigenvalue weighted by atomic mass is 10.2. The Bertz CT molecular complexity index is 694. The van der Waals surface area contributed by atoms with Crippen LogP contribution in [-0.4, -0.2) is 0 Å². The highest BCUT2D eigenvalue weighted by molar-refractivity contribution is 6.55. The Balaban J connectivity index is 3.36. The highest BCUT2D eigenvalue weighted by atomic mass is 35.5. The van der Waals surface area contributed by atoms with Crippen LogP contribution in [0.4, 0.5) is 0 Å². The maximum Gasteiger partial charge on any atom is 0.274 e. The fraction of sp³-hybridized carbons (Fsp3) is 0. The summed E-state index contributed by atoms with van der Waals surface area (Å²) in [5.41, 5.74) is -3.20. The molecule has 0 atom stereocenters. The molecule has 7 heteroatoms. The lowest BCUT2D eigenvalue weighted by molar-refractivity contribution is 1.56. The predicted molar refractivity (Wildman–Crippen MR) is 65.2 cm³/mol. The molecule has 2 aromatic rings. The zero-order valence-corrected chi connectivity index (χ0v) is 10.3. The summed E-state index contributed by atoms with van der Waals surface area (Å²) in [4.78, 5) is 34.0. The SMILES string of the molecule is O=c1c(=O)c2c(Cl)c(Cl)c(Cl)c(Cl)c2c1=O. The van der Waals surface area contributed by atoms with Gasteiger partial charge in [-0.15, -0.1) is 0 Å². The molecular weight excluding hydrogens is 298 g/mol. The van der Waals surface area contributed by atoms with E-state index >= 15 is 0 Å². The summed E-state index contributed by atoms with van der Waals surface area (Å²) in [6, 6.07) is 0. The van der Waals surface area contributed by atoms with E-state index in [1.807, 2.05) is 0 Å². The zero-order chi connectivity index (χ0) is 12.2. The maximum atomic E-state index is 11.4. The number of fused-ring (bicyclic) bond motifs is 1. The van der Waals surface area contributed by atoms with E-state index in [9.17, 15) is 14.4 Å². The smallest absolute Gasteiger partial charge is 0.274 e. The first-order valence-corrected chi connectivity index (χ1v) is 5.38. The predicted octanol–water partition coefficient (Wildman–Crippen LogP) is 2.41. The van der Waals surface area contributed by atoms with Gasteiger partial charge in [0.15, 0.2) is 0 Å². The van der Waals surface area contributed by atoms with Crippen molar-refractivity contribution in [3.63, 3.8) is 0 Å². The second-order valence-corrected chi connectivity index (χ2v) is 4.51. The third-order valence-electron chi connectivity index (χ3n) is 2.13. The molecule has 0 N–H and O–H groups in total. The molecule has 0 saturated carbocycles. The first-order valence-electron chi connectivity index (χ1n) is 3.87. The Hall–Kier alpha value is -0.610. The van der Waals surface area contributed by atoms with Crippen molar-refractivity contribution >= 4 is 57.2 Å². The van der Waals surface area contributed by atoms with Gasteiger partial charge < -0.3 is 0 Å². The van der Waals surface area contributed by atoms with Gasteiger partial charge in [0, 0.05) is 0 Å². The molecule has 0 radical (unpaired) electrons. The second kappa shape index (κ2) is 3.70.